The zero-order chi connectivity index (χ0) is 18.8. The highest BCUT2D eigenvalue weighted by molar-refractivity contribution is 6.10. The van der Waals surface area contributed by atoms with Gasteiger partial charge < -0.3 is 10.1 Å². The molecule has 0 fully saturated rings. The van der Waals surface area contributed by atoms with Gasteiger partial charge >= 0.3 is 0 Å². The zero-order valence-electron chi connectivity index (χ0n) is 15.4. The molecule has 0 amide bonds. The Morgan fingerprint density at radius 2 is 1.68 bits per heavy atom. The Morgan fingerprint density at radius 3 is 2.43 bits per heavy atom. The molecule has 0 aliphatic heterocycles. The minimum Gasteiger partial charge on any atom is -0.456 e. The van der Waals surface area contributed by atoms with Gasteiger partial charge in [-0.15, -0.1) is 12.4 Å². The fraction of sp³-hybridized carbons (Fsp3) is 0.174. The minimum atomic E-state index is -0.366. The molecule has 3 aromatic carbocycles. The van der Waals surface area contributed by atoms with Crippen molar-refractivity contribution in [3.8, 4) is 11.5 Å². The molecule has 4 rings (SSSR count). The van der Waals surface area contributed by atoms with E-state index in [-0.39, 0.29) is 24.0 Å². The van der Waals surface area contributed by atoms with Crippen LogP contribution in [0.2, 0.25) is 0 Å². The quantitative estimate of drug-likeness (QED) is 0.618. The summed E-state index contributed by atoms with van der Waals surface area (Å²) in [4.78, 5) is 12.9. The lowest BCUT2D eigenvalue weighted by molar-refractivity contribution is 0.103. The maximum absolute atomic E-state index is 13.2. The Kier molecular flexibility index (Phi) is 6.12. The minimum absolute atomic E-state index is 0. The molecule has 3 aromatic rings. The van der Waals surface area contributed by atoms with Crippen molar-refractivity contribution >= 4 is 18.2 Å². The van der Waals surface area contributed by atoms with Gasteiger partial charge in [0.25, 0.3) is 0 Å². The summed E-state index contributed by atoms with van der Waals surface area (Å²) in [7, 11) is 1.97. The number of carbonyl (C=O) groups excluding carboxylic acids is 1. The van der Waals surface area contributed by atoms with Crippen molar-refractivity contribution in [2.45, 2.75) is 18.9 Å². The number of fused-ring (bicyclic) bond motifs is 1. The molecule has 0 saturated carbocycles. The number of ether oxygens (including phenoxy) is 1. The number of rotatable bonds is 5. The molecule has 1 atom stereocenters. The van der Waals surface area contributed by atoms with Crippen molar-refractivity contribution in [3.05, 3.63) is 94.8 Å². The van der Waals surface area contributed by atoms with Crippen LogP contribution < -0.4 is 10.1 Å². The average molecular weight is 398 g/mol. The van der Waals surface area contributed by atoms with Crippen molar-refractivity contribution in [1.29, 1.82) is 0 Å². The molecule has 0 saturated heterocycles. The van der Waals surface area contributed by atoms with Crippen molar-refractivity contribution in [3.63, 3.8) is 0 Å². The summed E-state index contributed by atoms with van der Waals surface area (Å²) in [6.07, 6.45) is 1.87. The van der Waals surface area contributed by atoms with Crippen molar-refractivity contribution < 1.29 is 13.9 Å². The van der Waals surface area contributed by atoms with E-state index < -0.39 is 0 Å². The van der Waals surface area contributed by atoms with Gasteiger partial charge in [-0.05, 0) is 73.5 Å². The number of halogens is 2. The Labute approximate surface area is 170 Å². The van der Waals surface area contributed by atoms with E-state index in [2.05, 4.69) is 11.4 Å². The van der Waals surface area contributed by atoms with E-state index in [1.54, 1.807) is 18.2 Å². The smallest absolute Gasteiger partial charge is 0.196 e. The first-order chi connectivity index (χ1) is 13.2. The first-order valence-electron chi connectivity index (χ1n) is 9.01. The third kappa shape index (κ3) is 3.93. The molecule has 0 heterocycles. The van der Waals surface area contributed by atoms with E-state index in [0.29, 0.717) is 22.9 Å². The van der Waals surface area contributed by atoms with Gasteiger partial charge in [0.1, 0.15) is 17.3 Å². The monoisotopic (exact) mass is 397 g/mol. The highest BCUT2D eigenvalue weighted by Gasteiger charge is 2.24. The average Bonchev–Trinajstić information content (AvgIpc) is 3.13. The SMILES string of the molecule is CNC1Cc2cccc(Oc3ccccc3C(=O)c3ccc(F)cc3)c2C1.Cl. The van der Waals surface area contributed by atoms with Gasteiger partial charge in [0, 0.05) is 11.6 Å². The first-order valence-corrected chi connectivity index (χ1v) is 9.01. The molecule has 1 N–H and O–H groups in total. The number of benzene rings is 3. The van der Waals surface area contributed by atoms with Gasteiger partial charge in [-0.2, -0.15) is 0 Å². The lowest BCUT2D eigenvalue weighted by Gasteiger charge is -2.14. The van der Waals surface area contributed by atoms with Crippen LogP contribution in [0, 0.1) is 5.82 Å². The van der Waals surface area contributed by atoms with E-state index in [1.165, 1.54) is 35.4 Å². The number of likely N-dealkylation sites (N-methyl/N-ethyl adjacent to an activating group) is 1. The van der Waals surface area contributed by atoms with Gasteiger partial charge in [-0.25, -0.2) is 4.39 Å². The molecule has 1 unspecified atom stereocenters. The van der Waals surface area contributed by atoms with Crippen LogP contribution in [0.25, 0.3) is 0 Å². The second-order valence-corrected chi connectivity index (χ2v) is 6.72. The van der Waals surface area contributed by atoms with Crippen molar-refractivity contribution in [2.75, 3.05) is 7.05 Å². The van der Waals surface area contributed by atoms with Crippen molar-refractivity contribution in [1.82, 2.24) is 5.32 Å². The Balaban J connectivity index is 0.00000225. The maximum atomic E-state index is 13.2. The Morgan fingerprint density at radius 1 is 0.964 bits per heavy atom. The highest BCUT2D eigenvalue weighted by Crippen LogP contribution is 2.35. The summed E-state index contributed by atoms with van der Waals surface area (Å²) >= 11 is 0. The summed E-state index contributed by atoms with van der Waals surface area (Å²) in [5, 5.41) is 3.32. The molecule has 28 heavy (non-hydrogen) atoms. The topological polar surface area (TPSA) is 38.3 Å². The highest BCUT2D eigenvalue weighted by atomic mass is 35.5. The third-order valence-corrected chi connectivity index (χ3v) is 5.01. The predicted octanol–water partition coefficient (Wildman–Crippen LogP) is 4.96. The molecule has 0 aromatic heterocycles. The summed E-state index contributed by atoms with van der Waals surface area (Å²) in [5.41, 5.74) is 3.35. The van der Waals surface area contributed by atoms with Gasteiger partial charge in [0.05, 0.1) is 5.56 Å². The third-order valence-electron chi connectivity index (χ3n) is 5.01. The molecule has 1 aliphatic carbocycles. The number of hydrogen-bond acceptors (Lipinski definition) is 3. The summed E-state index contributed by atoms with van der Waals surface area (Å²) < 4.78 is 19.4. The van der Waals surface area contributed by atoms with Crippen LogP contribution in [0.15, 0.2) is 66.7 Å². The number of carbonyl (C=O) groups is 1. The van der Waals surface area contributed by atoms with Crippen LogP contribution >= 0.6 is 12.4 Å². The number of ketones is 1. The molecule has 1 aliphatic rings. The molecule has 0 radical (unpaired) electrons. The standard InChI is InChI=1S/C23H20FNO2.ClH/c1-25-18-13-16-5-4-8-22(20(16)14-18)27-21-7-3-2-6-19(21)23(26)15-9-11-17(24)12-10-15;/h2-12,18,25H,13-14H2,1H3;1H. The molecular weight excluding hydrogens is 377 g/mol. The second kappa shape index (κ2) is 8.55. The zero-order valence-corrected chi connectivity index (χ0v) is 16.3. The van der Waals surface area contributed by atoms with Crippen LogP contribution in [0.5, 0.6) is 11.5 Å². The summed E-state index contributed by atoms with van der Waals surface area (Å²) in [6.45, 7) is 0. The Bertz CT molecular complexity index is 988. The van der Waals surface area contributed by atoms with Crippen LogP contribution in [-0.2, 0) is 12.8 Å². The molecular formula is C23H21ClFNO2. The van der Waals surface area contributed by atoms with E-state index in [9.17, 15) is 9.18 Å². The second-order valence-electron chi connectivity index (χ2n) is 6.72. The molecule has 5 heteroatoms. The van der Waals surface area contributed by atoms with Gasteiger partial charge in [0.2, 0.25) is 0 Å². The van der Waals surface area contributed by atoms with Crippen molar-refractivity contribution in [2.24, 2.45) is 0 Å². The lowest BCUT2D eigenvalue weighted by atomic mass is 10.0. The largest absolute Gasteiger partial charge is 0.456 e. The van der Waals surface area contributed by atoms with E-state index >= 15 is 0 Å². The maximum Gasteiger partial charge on any atom is 0.196 e. The van der Waals surface area contributed by atoms with E-state index in [0.717, 1.165) is 18.6 Å². The molecule has 0 spiro atoms. The number of nitrogens with one attached hydrogen (secondary N) is 1. The van der Waals surface area contributed by atoms with E-state index in [4.69, 9.17) is 4.74 Å². The van der Waals surface area contributed by atoms with Crippen LogP contribution in [0.3, 0.4) is 0 Å². The summed E-state index contributed by atoms with van der Waals surface area (Å²) in [5.74, 6) is 0.735. The first kappa shape index (κ1) is 20.1. The van der Waals surface area contributed by atoms with E-state index in [1.807, 2.05) is 25.2 Å². The fourth-order valence-electron chi connectivity index (χ4n) is 3.54. The lowest BCUT2D eigenvalue weighted by Crippen LogP contribution is -2.24. The van der Waals surface area contributed by atoms with Gasteiger partial charge in [-0.3, -0.25) is 4.79 Å². The number of para-hydroxylation sites is 1. The molecule has 3 nitrogen and oxygen atoms in total. The predicted molar refractivity (Wildman–Crippen MR) is 110 cm³/mol. The van der Waals surface area contributed by atoms with Crippen LogP contribution in [0.1, 0.15) is 27.0 Å². The Hall–Kier alpha value is -2.69. The summed E-state index contributed by atoms with van der Waals surface area (Å²) in [6, 6.07) is 19.2. The van der Waals surface area contributed by atoms with Crippen LogP contribution in [0.4, 0.5) is 4.39 Å². The van der Waals surface area contributed by atoms with Crippen LogP contribution in [-0.4, -0.2) is 18.9 Å². The molecule has 144 valence electrons. The van der Waals surface area contributed by atoms with Gasteiger partial charge in [-0.1, -0.05) is 24.3 Å². The van der Waals surface area contributed by atoms with Gasteiger partial charge in [0.15, 0.2) is 5.78 Å². The molecule has 0 bridgehead atoms. The normalized spacial score (nSPS) is 14.9. The number of hydrogen-bond donors (Lipinski definition) is 1. The fourth-order valence-corrected chi connectivity index (χ4v) is 3.54.